The average molecular weight is 630 g/mol. The number of benzene rings is 2. The summed E-state index contributed by atoms with van der Waals surface area (Å²) in [5.74, 6) is -1.54. The minimum absolute atomic E-state index is 0.00518. The molecule has 0 aliphatic rings. The lowest BCUT2D eigenvalue weighted by molar-refractivity contribution is -0.116. The number of methoxy groups -OCH3 is 1. The molecule has 2 aromatic heterocycles. The van der Waals surface area contributed by atoms with Crippen LogP contribution in [0.25, 0.3) is 22.4 Å². The summed E-state index contributed by atoms with van der Waals surface area (Å²) in [7, 11) is 1.42. The van der Waals surface area contributed by atoms with Gasteiger partial charge in [0.05, 0.1) is 12.0 Å². The van der Waals surface area contributed by atoms with E-state index in [2.05, 4.69) is 27.0 Å². The first-order chi connectivity index (χ1) is 22.0. The van der Waals surface area contributed by atoms with Crippen LogP contribution < -0.4 is 20.7 Å². The van der Waals surface area contributed by atoms with Crippen molar-refractivity contribution in [1.82, 2.24) is 10.3 Å². The van der Waals surface area contributed by atoms with Crippen molar-refractivity contribution in [3.63, 3.8) is 0 Å². The molecule has 4 rings (SSSR count). The van der Waals surface area contributed by atoms with Crippen molar-refractivity contribution in [1.29, 1.82) is 5.26 Å². The van der Waals surface area contributed by atoms with Crippen molar-refractivity contribution in [2.75, 3.05) is 31.1 Å². The van der Waals surface area contributed by atoms with Gasteiger partial charge in [0, 0.05) is 43.0 Å². The Bertz CT molecular complexity index is 1760. The van der Waals surface area contributed by atoms with Crippen molar-refractivity contribution in [3.05, 3.63) is 84.1 Å². The van der Waals surface area contributed by atoms with E-state index in [-0.39, 0.29) is 54.3 Å². The monoisotopic (exact) mass is 629 g/mol. The second-order valence-electron chi connectivity index (χ2n) is 10.8. The molecule has 12 nitrogen and oxygen atoms in total. The van der Waals surface area contributed by atoms with Crippen molar-refractivity contribution in [3.8, 4) is 34.2 Å². The molecule has 13 heteroatoms. The van der Waals surface area contributed by atoms with Gasteiger partial charge in [-0.3, -0.25) is 9.59 Å². The number of ether oxygens (including phenoxy) is 3. The number of nitriles is 1. The number of nitrogens with one attached hydrogen (secondary N) is 3. The number of furan rings is 1. The molecule has 2 heterocycles. The van der Waals surface area contributed by atoms with Gasteiger partial charge in [0.1, 0.15) is 28.8 Å². The first-order valence-electron chi connectivity index (χ1n) is 14.1. The van der Waals surface area contributed by atoms with E-state index < -0.39 is 23.4 Å². The fraction of sp³-hybridized carbons (Fsp3) is 0.242. The van der Waals surface area contributed by atoms with Gasteiger partial charge in [-0.05, 0) is 68.8 Å². The number of nitrogens with zero attached hydrogens (tertiary/aromatic N) is 2. The highest BCUT2D eigenvalue weighted by molar-refractivity contribution is 6.03. The number of anilines is 2. The quantitative estimate of drug-likeness (QED) is 0.166. The van der Waals surface area contributed by atoms with Crippen LogP contribution in [0.15, 0.2) is 71.3 Å². The van der Waals surface area contributed by atoms with Gasteiger partial charge in [0.15, 0.2) is 18.4 Å². The van der Waals surface area contributed by atoms with E-state index in [0.717, 1.165) is 0 Å². The number of alkyl carbamates (subject to hydrolysis) is 1. The number of hydrogen-bond acceptors (Lipinski definition) is 9. The van der Waals surface area contributed by atoms with Crippen LogP contribution >= 0.6 is 0 Å². The molecule has 0 bridgehead atoms. The minimum atomic E-state index is -0.668. The van der Waals surface area contributed by atoms with Crippen LogP contribution in [-0.4, -0.2) is 48.9 Å². The maximum absolute atomic E-state index is 14.2. The van der Waals surface area contributed by atoms with E-state index in [1.165, 1.54) is 37.6 Å². The zero-order valence-corrected chi connectivity index (χ0v) is 25.6. The Morgan fingerprint density at radius 1 is 1.02 bits per heavy atom. The van der Waals surface area contributed by atoms with E-state index in [1.54, 1.807) is 57.2 Å². The third-order valence-corrected chi connectivity index (χ3v) is 6.14. The second-order valence-corrected chi connectivity index (χ2v) is 10.8. The number of pyridine rings is 1. The lowest BCUT2D eigenvalue weighted by Crippen LogP contribution is -2.34. The van der Waals surface area contributed by atoms with E-state index >= 15 is 0 Å². The molecular formula is C33H32FN5O7. The van der Waals surface area contributed by atoms with Gasteiger partial charge >= 0.3 is 6.09 Å². The fourth-order valence-corrected chi connectivity index (χ4v) is 4.22. The summed E-state index contributed by atoms with van der Waals surface area (Å²) in [6.45, 7) is 5.09. The molecule has 3 N–H and O–H groups in total. The molecule has 0 atom stereocenters. The first kappa shape index (κ1) is 33.2. The van der Waals surface area contributed by atoms with Crippen molar-refractivity contribution >= 4 is 29.4 Å². The Hall–Kier alpha value is -5.74. The predicted molar refractivity (Wildman–Crippen MR) is 166 cm³/mol. The second kappa shape index (κ2) is 14.8. The lowest BCUT2D eigenvalue weighted by Gasteiger charge is -2.19. The normalized spacial score (nSPS) is 10.9. The molecule has 0 radical (unpaired) electrons. The summed E-state index contributed by atoms with van der Waals surface area (Å²) in [6, 6.07) is 17.2. The predicted octanol–water partition coefficient (Wildman–Crippen LogP) is 6.11. The van der Waals surface area contributed by atoms with Crippen LogP contribution in [0, 0.1) is 17.1 Å². The molecule has 0 unspecified atom stereocenters. The van der Waals surface area contributed by atoms with Crippen molar-refractivity contribution in [2.24, 2.45) is 0 Å². The Kier molecular flexibility index (Phi) is 10.7. The SMILES string of the molecule is COCOc1cc(F)ccc1-c1cc(-c2cccc(NC(=O)CCNC(=O)OC(C)(C)C)c2)c(C#N)c(NC(=O)c2ccco2)n1. The van der Waals surface area contributed by atoms with Gasteiger partial charge in [-0.1, -0.05) is 12.1 Å². The summed E-state index contributed by atoms with van der Waals surface area (Å²) in [5.41, 5.74) is 1.23. The van der Waals surface area contributed by atoms with Gasteiger partial charge in [0.2, 0.25) is 5.91 Å². The van der Waals surface area contributed by atoms with Gasteiger partial charge in [-0.2, -0.15) is 5.26 Å². The summed E-state index contributed by atoms with van der Waals surface area (Å²) in [4.78, 5) is 42.0. The number of amides is 3. The van der Waals surface area contributed by atoms with E-state index in [1.807, 2.05) is 0 Å². The molecule has 4 aromatic rings. The van der Waals surface area contributed by atoms with Crippen LogP contribution in [0.4, 0.5) is 20.7 Å². The van der Waals surface area contributed by atoms with E-state index in [9.17, 15) is 24.0 Å². The third-order valence-electron chi connectivity index (χ3n) is 6.14. The Morgan fingerprint density at radius 2 is 1.83 bits per heavy atom. The largest absolute Gasteiger partial charge is 0.467 e. The fourth-order valence-electron chi connectivity index (χ4n) is 4.22. The molecule has 0 fully saturated rings. The van der Waals surface area contributed by atoms with Crippen LogP contribution in [0.1, 0.15) is 43.3 Å². The number of rotatable bonds is 11. The Balaban J connectivity index is 1.69. The molecule has 46 heavy (non-hydrogen) atoms. The summed E-state index contributed by atoms with van der Waals surface area (Å²) in [6.07, 6.45) is 0.678. The molecule has 0 saturated heterocycles. The first-order valence-corrected chi connectivity index (χ1v) is 14.1. The number of halogens is 1. The summed E-state index contributed by atoms with van der Waals surface area (Å²) >= 11 is 0. The highest BCUT2D eigenvalue weighted by Gasteiger charge is 2.21. The van der Waals surface area contributed by atoms with Crippen LogP contribution in [-0.2, 0) is 14.3 Å². The van der Waals surface area contributed by atoms with Crippen LogP contribution in [0.5, 0.6) is 5.75 Å². The highest BCUT2D eigenvalue weighted by Crippen LogP contribution is 2.37. The van der Waals surface area contributed by atoms with E-state index in [0.29, 0.717) is 22.4 Å². The van der Waals surface area contributed by atoms with Crippen molar-refractivity contribution in [2.45, 2.75) is 32.8 Å². The molecular weight excluding hydrogens is 597 g/mol. The van der Waals surface area contributed by atoms with Gasteiger partial charge in [0.25, 0.3) is 5.91 Å². The molecule has 0 aliphatic carbocycles. The summed E-state index contributed by atoms with van der Waals surface area (Å²) < 4.78 is 35.1. The number of aromatic nitrogens is 1. The molecule has 0 aliphatic heterocycles. The third kappa shape index (κ3) is 8.90. The zero-order chi connectivity index (χ0) is 33.3. The van der Waals surface area contributed by atoms with Crippen molar-refractivity contribution < 1.29 is 37.4 Å². The van der Waals surface area contributed by atoms with Gasteiger partial charge in [-0.25, -0.2) is 14.2 Å². The van der Waals surface area contributed by atoms with Gasteiger partial charge in [-0.15, -0.1) is 0 Å². The average Bonchev–Trinajstić information content (AvgIpc) is 3.54. The number of carbonyl (C=O) groups excluding carboxylic acids is 3. The van der Waals surface area contributed by atoms with Crippen LogP contribution in [0.3, 0.4) is 0 Å². The Labute approximate surface area is 264 Å². The zero-order valence-electron chi connectivity index (χ0n) is 25.6. The molecule has 0 spiro atoms. The Morgan fingerprint density at radius 3 is 2.52 bits per heavy atom. The molecule has 3 amide bonds. The van der Waals surface area contributed by atoms with Crippen LogP contribution in [0.2, 0.25) is 0 Å². The van der Waals surface area contributed by atoms with E-state index in [4.69, 9.17) is 18.6 Å². The highest BCUT2D eigenvalue weighted by atomic mass is 19.1. The topological polar surface area (TPSA) is 165 Å². The molecule has 0 saturated carbocycles. The molecule has 2 aromatic carbocycles. The minimum Gasteiger partial charge on any atom is -0.467 e. The smallest absolute Gasteiger partial charge is 0.407 e. The van der Waals surface area contributed by atoms with Gasteiger partial charge < -0.3 is 34.6 Å². The number of hydrogen-bond donors (Lipinski definition) is 3. The lowest BCUT2D eigenvalue weighted by atomic mass is 9.97. The standard InChI is InChI=1S/C33H32FN5O7/c1-33(2,3)46-32(42)36-13-12-29(40)37-22-8-5-7-20(15-22)24-17-26(23-11-10-21(34)16-28(23)45-19-43-4)38-30(25(24)18-35)39-31(41)27-9-6-14-44-27/h5-11,14-17H,12-13,19H2,1-4H3,(H,36,42)(H,37,40)(H,38,39,41). The maximum Gasteiger partial charge on any atom is 0.407 e. The maximum atomic E-state index is 14.2. The molecule has 238 valence electrons. The summed E-state index contributed by atoms with van der Waals surface area (Å²) in [5, 5.41) is 18.2. The number of carbonyl (C=O) groups is 3.